The molecule has 2 N–H and O–H groups in total. The van der Waals surface area contributed by atoms with Gasteiger partial charge in [-0.2, -0.15) is 4.98 Å². The van der Waals surface area contributed by atoms with Gasteiger partial charge in [-0.15, -0.1) is 0 Å². The quantitative estimate of drug-likeness (QED) is 0.821. The van der Waals surface area contributed by atoms with Crippen LogP contribution in [0.5, 0.6) is 0 Å². The molecule has 96 valence electrons. The van der Waals surface area contributed by atoms with Crippen molar-refractivity contribution in [2.75, 3.05) is 24.2 Å². The molecule has 0 spiro atoms. The van der Waals surface area contributed by atoms with E-state index in [-0.39, 0.29) is 0 Å². The van der Waals surface area contributed by atoms with Crippen molar-refractivity contribution in [1.82, 2.24) is 20.1 Å². The van der Waals surface area contributed by atoms with Crippen molar-refractivity contribution in [3.63, 3.8) is 0 Å². The zero-order chi connectivity index (χ0) is 13.0. The van der Waals surface area contributed by atoms with E-state index in [2.05, 4.69) is 30.7 Å². The van der Waals surface area contributed by atoms with Gasteiger partial charge < -0.3 is 15.2 Å². The molecule has 7 heteroatoms. The van der Waals surface area contributed by atoms with E-state index < -0.39 is 0 Å². The molecule has 0 atom stereocenters. The summed E-state index contributed by atoms with van der Waals surface area (Å²) in [7, 11) is 1.83. The third-order valence-electron chi connectivity index (χ3n) is 2.32. The van der Waals surface area contributed by atoms with E-state index in [1.54, 1.807) is 6.92 Å². The molecule has 7 nitrogen and oxygen atoms in total. The molecule has 0 aliphatic heterocycles. The number of nitrogens with one attached hydrogen (secondary N) is 2. The zero-order valence-corrected chi connectivity index (χ0v) is 10.7. The first-order valence-corrected chi connectivity index (χ1v) is 5.74. The summed E-state index contributed by atoms with van der Waals surface area (Å²) < 4.78 is 4.90. The van der Waals surface area contributed by atoms with E-state index in [9.17, 15) is 0 Å². The molecule has 0 saturated carbocycles. The van der Waals surface area contributed by atoms with Crippen LogP contribution in [0.15, 0.2) is 10.6 Å². The van der Waals surface area contributed by atoms with Gasteiger partial charge in [0.05, 0.1) is 0 Å². The smallest absolute Gasteiger partial charge is 0.223 e. The lowest BCUT2D eigenvalue weighted by atomic mass is 10.4. The minimum atomic E-state index is 0.584. The fourth-order valence-electron chi connectivity index (χ4n) is 1.53. The van der Waals surface area contributed by atoms with E-state index in [1.165, 1.54) is 0 Å². The second kappa shape index (κ2) is 5.44. The summed E-state index contributed by atoms with van der Waals surface area (Å²) in [5.41, 5.74) is 0. The Morgan fingerprint density at radius 3 is 2.61 bits per heavy atom. The van der Waals surface area contributed by atoms with E-state index in [0.717, 1.165) is 17.5 Å². The summed E-state index contributed by atoms with van der Waals surface area (Å²) in [4.78, 5) is 12.6. The number of rotatable bonds is 5. The Kier molecular flexibility index (Phi) is 3.71. The molecule has 0 aliphatic carbocycles. The Hall–Kier alpha value is -2.18. The van der Waals surface area contributed by atoms with Gasteiger partial charge in [-0.3, -0.25) is 0 Å². The normalized spacial score (nSPS) is 10.4. The second-order valence-electron chi connectivity index (χ2n) is 3.84. The van der Waals surface area contributed by atoms with Gasteiger partial charge in [0, 0.05) is 33.0 Å². The summed E-state index contributed by atoms with van der Waals surface area (Å²) in [5.74, 6) is 3.58. The van der Waals surface area contributed by atoms with Crippen LogP contribution in [0.3, 0.4) is 0 Å². The van der Waals surface area contributed by atoms with Gasteiger partial charge in [-0.05, 0) is 6.92 Å². The van der Waals surface area contributed by atoms with Gasteiger partial charge in [-0.25, -0.2) is 9.97 Å². The minimum Gasteiger partial charge on any atom is -0.373 e. The maximum Gasteiger partial charge on any atom is 0.223 e. The van der Waals surface area contributed by atoms with Crippen LogP contribution in [0.4, 0.5) is 11.6 Å². The van der Waals surface area contributed by atoms with Crippen molar-refractivity contribution in [2.24, 2.45) is 0 Å². The first kappa shape index (κ1) is 12.3. The molecule has 2 rings (SSSR count). The lowest BCUT2D eigenvalue weighted by molar-refractivity contribution is 0.387. The van der Waals surface area contributed by atoms with Crippen molar-refractivity contribution < 1.29 is 4.52 Å². The molecule has 0 fully saturated rings. The van der Waals surface area contributed by atoms with Crippen LogP contribution >= 0.6 is 0 Å². The summed E-state index contributed by atoms with van der Waals surface area (Å²) in [5, 5.41) is 10.0. The number of hydrogen-bond donors (Lipinski definition) is 2. The van der Waals surface area contributed by atoms with Crippen molar-refractivity contribution in [1.29, 1.82) is 0 Å². The van der Waals surface area contributed by atoms with E-state index in [1.807, 2.05) is 20.0 Å². The Morgan fingerprint density at radius 1 is 1.17 bits per heavy atom. The number of aromatic nitrogens is 4. The highest BCUT2D eigenvalue weighted by Crippen LogP contribution is 2.10. The third-order valence-corrected chi connectivity index (χ3v) is 2.32. The van der Waals surface area contributed by atoms with Gasteiger partial charge in [-0.1, -0.05) is 5.16 Å². The first-order valence-electron chi connectivity index (χ1n) is 5.74. The summed E-state index contributed by atoms with van der Waals surface area (Å²) in [6, 6.07) is 1.86. The van der Waals surface area contributed by atoms with Gasteiger partial charge >= 0.3 is 0 Å². The standard InChI is InChI=1S/C11H16N6O/c1-7-14-10(12-3)6-11(15-7)13-5-4-9-16-8(2)18-17-9/h6H,4-5H2,1-3H3,(H2,12,13,14,15). The molecule has 2 aromatic rings. The second-order valence-corrected chi connectivity index (χ2v) is 3.84. The van der Waals surface area contributed by atoms with Gasteiger partial charge in [0.15, 0.2) is 5.82 Å². The van der Waals surface area contributed by atoms with Crippen LogP contribution in [0.25, 0.3) is 0 Å². The highest BCUT2D eigenvalue weighted by atomic mass is 16.5. The lowest BCUT2D eigenvalue weighted by Crippen LogP contribution is -2.09. The minimum absolute atomic E-state index is 0.584. The molecule has 0 aliphatic rings. The molecule has 2 aromatic heterocycles. The fourth-order valence-corrected chi connectivity index (χ4v) is 1.53. The molecular weight excluding hydrogens is 232 g/mol. The predicted molar refractivity (Wildman–Crippen MR) is 67.5 cm³/mol. The Labute approximate surface area is 105 Å². The van der Waals surface area contributed by atoms with Gasteiger partial charge in [0.25, 0.3) is 0 Å². The molecule has 0 radical (unpaired) electrons. The summed E-state index contributed by atoms with van der Waals surface area (Å²) in [6.07, 6.45) is 0.690. The van der Waals surface area contributed by atoms with Crippen LogP contribution < -0.4 is 10.6 Å². The monoisotopic (exact) mass is 248 g/mol. The molecule has 0 bridgehead atoms. The number of nitrogens with zero attached hydrogens (tertiary/aromatic N) is 4. The highest BCUT2D eigenvalue weighted by molar-refractivity contribution is 5.47. The van der Waals surface area contributed by atoms with Crippen LogP contribution in [0.1, 0.15) is 17.5 Å². The number of aryl methyl sites for hydroxylation is 2. The highest BCUT2D eigenvalue weighted by Gasteiger charge is 2.03. The maximum atomic E-state index is 4.90. The predicted octanol–water partition coefficient (Wildman–Crippen LogP) is 1.17. The van der Waals surface area contributed by atoms with Crippen LogP contribution in [0, 0.1) is 13.8 Å². The summed E-state index contributed by atoms with van der Waals surface area (Å²) >= 11 is 0. The van der Waals surface area contributed by atoms with Crippen molar-refractivity contribution in [3.05, 3.63) is 23.6 Å². The molecular formula is C11H16N6O. The molecule has 0 amide bonds. The Bertz CT molecular complexity index is 524. The van der Waals surface area contributed by atoms with E-state index in [0.29, 0.717) is 24.7 Å². The van der Waals surface area contributed by atoms with Crippen LogP contribution in [-0.2, 0) is 6.42 Å². The third kappa shape index (κ3) is 3.16. The van der Waals surface area contributed by atoms with Crippen molar-refractivity contribution >= 4 is 11.6 Å². The fraction of sp³-hybridized carbons (Fsp3) is 0.455. The lowest BCUT2D eigenvalue weighted by Gasteiger charge is -2.07. The maximum absolute atomic E-state index is 4.90. The Morgan fingerprint density at radius 2 is 1.94 bits per heavy atom. The molecule has 0 aromatic carbocycles. The SMILES string of the molecule is CNc1cc(NCCc2noc(C)n2)nc(C)n1. The average molecular weight is 248 g/mol. The topological polar surface area (TPSA) is 88.8 Å². The first-order chi connectivity index (χ1) is 8.67. The molecule has 0 unspecified atom stereocenters. The van der Waals surface area contributed by atoms with Gasteiger partial charge in [0.2, 0.25) is 5.89 Å². The Balaban J connectivity index is 1.91. The number of hydrogen-bond acceptors (Lipinski definition) is 7. The summed E-state index contributed by atoms with van der Waals surface area (Å²) in [6.45, 7) is 4.32. The van der Waals surface area contributed by atoms with E-state index >= 15 is 0 Å². The van der Waals surface area contributed by atoms with Crippen LogP contribution in [-0.4, -0.2) is 33.7 Å². The van der Waals surface area contributed by atoms with Crippen molar-refractivity contribution in [3.8, 4) is 0 Å². The number of anilines is 2. The molecule has 0 saturated heterocycles. The largest absolute Gasteiger partial charge is 0.373 e. The van der Waals surface area contributed by atoms with E-state index in [4.69, 9.17) is 4.52 Å². The molecule has 18 heavy (non-hydrogen) atoms. The average Bonchev–Trinajstić information content (AvgIpc) is 2.74. The van der Waals surface area contributed by atoms with Gasteiger partial charge in [0.1, 0.15) is 17.5 Å². The van der Waals surface area contributed by atoms with Crippen LogP contribution in [0.2, 0.25) is 0 Å². The zero-order valence-electron chi connectivity index (χ0n) is 10.7. The van der Waals surface area contributed by atoms with Crippen molar-refractivity contribution in [2.45, 2.75) is 20.3 Å². The molecule has 2 heterocycles.